The number of nitrogens with zero attached hydrogens (tertiary/aromatic N) is 2. The maximum Gasteiger partial charge on any atom is 0.417 e. The molecule has 3 aromatic heterocycles. The summed E-state index contributed by atoms with van der Waals surface area (Å²) < 4.78 is 39.5. The highest BCUT2D eigenvalue weighted by Gasteiger charge is 2.31. The highest BCUT2D eigenvalue weighted by molar-refractivity contribution is 7.13. The van der Waals surface area contributed by atoms with Crippen molar-refractivity contribution in [1.82, 2.24) is 9.38 Å². The average molecular weight is 298 g/mol. The second kappa shape index (κ2) is 4.60. The lowest BCUT2D eigenvalue weighted by Crippen LogP contribution is -2.07. The quantitative estimate of drug-likeness (QED) is 0.785. The van der Waals surface area contributed by atoms with Gasteiger partial charge in [0.05, 0.1) is 22.7 Å². The number of hydrogen-bond donors (Lipinski definition) is 1. The Morgan fingerprint density at radius 2 is 2.05 bits per heavy atom. The Balaban J connectivity index is 2.25. The first-order chi connectivity index (χ1) is 9.50. The van der Waals surface area contributed by atoms with E-state index in [1.54, 1.807) is 0 Å². The van der Waals surface area contributed by atoms with E-state index in [0.29, 0.717) is 17.0 Å². The Labute approximate surface area is 115 Å². The van der Waals surface area contributed by atoms with E-state index in [0.717, 1.165) is 17.1 Å². The molecule has 20 heavy (non-hydrogen) atoms. The maximum atomic E-state index is 12.7. The van der Waals surface area contributed by atoms with E-state index >= 15 is 0 Å². The molecule has 0 spiro atoms. The Morgan fingerprint density at radius 3 is 2.65 bits per heavy atom. The molecule has 0 aliphatic carbocycles. The average Bonchev–Trinajstić information content (AvgIpc) is 3.03. The first-order valence-electron chi connectivity index (χ1n) is 5.73. The molecule has 0 fully saturated rings. The van der Waals surface area contributed by atoms with Gasteiger partial charge in [-0.15, -0.1) is 11.3 Å². The molecule has 0 saturated heterocycles. The lowest BCUT2D eigenvalue weighted by atomic mass is 10.2. The number of rotatable bonds is 2. The van der Waals surface area contributed by atoms with E-state index in [1.165, 1.54) is 21.8 Å². The zero-order chi connectivity index (χ0) is 14.3. The normalized spacial score (nSPS) is 12.2. The van der Waals surface area contributed by atoms with Crippen LogP contribution < -0.4 is 0 Å². The molecule has 1 N–H and O–H groups in total. The van der Waals surface area contributed by atoms with Crippen LogP contribution in [0.25, 0.3) is 16.2 Å². The third-order valence-electron chi connectivity index (χ3n) is 2.95. The van der Waals surface area contributed by atoms with Crippen LogP contribution in [0.2, 0.25) is 0 Å². The fourth-order valence-electron chi connectivity index (χ4n) is 2.02. The summed E-state index contributed by atoms with van der Waals surface area (Å²) in [4.78, 5) is 5.11. The number of pyridine rings is 1. The van der Waals surface area contributed by atoms with E-state index in [4.69, 9.17) is 0 Å². The number of aliphatic hydroxyl groups is 1. The van der Waals surface area contributed by atoms with Crippen molar-refractivity contribution < 1.29 is 18.3 Å². The zero-order valence-electron chi connectivity index (χ0n) is 10.1. The van der Waals surface area contributed by atoms with Crippen LogP contribution in [0, 0.1) is 0 Å². The predicted octanol–water partition coefficient (Wildman–Crippen LogP) is 3.57. The highest BCUT2D eigenvalue weighted by atomic mass is 32.1. The SMILES string of the molecule is OCc1c(-c2cccs2)nc2ccc(C(F)(F)F)cn12. The second-order valence-corrected chi connectivity index (χ2v) is 5.13. The summed E-state index contributed by atoms with van der Waals surface area (Å²) in [5, 5.41) is 11.3. The molecule has 0 amide bonds. The summed E-state index contributed by atoms with van der Waals surface area (Å²) in [5.74, 6) is 0. The van der Waals surface area contributed by atoms with Gasteiger partial charge < -0.3 is 9.51 Å². The van der Waals surface area contributed by atoms with Crippen LogP contribution in [0.4, 0.5) is 13.2 Å². The molecule has 3 rings (SSSR count). The van der Waals surface area contributed by atoms with Gasteiger partial charge in [0, 0.05) is 6.20 Å². The molecule has 7 heteroatoms. The Bertz CT molecular complexity index is 747. The van der Waals surface area contributed by atoms with E-state index in [-0.39, 0.29) is 6.61 Å². The van der Waals surface area contributed by atoms with Crippen molar-refractivity contribution in [3.63, 3.8) is 0 Å². The van der Waals surface area contributed by atoms with Crippen LogP contribution in [0.3, 0.4) is 0 Å². The van der Waals surface area contributed by atoms with Gasteiger partial charge in [-0.2, -0.15) is 13.2 Å². The van der Waals surface area contributed by atoms with Crippen molar-refractivity contribution in [1.29, 1.82) is 0 Å². The number of aliphatic hydroxyl groups excluding tert-OH is 1. The molecule has 0 unspecified atom stereocenters. The summed E-state index contributed by atoms with van der Waals surface area (Å²) in [5.41, 5.74) is 0.482. The molecular weight excluding hydrogens is 289 g/mol. The Hall–Kier alpha value is -1.86. The fourth-order valence-corrected chi connectivity index (χ4v) is 2.76. The monoisotopic (exact) mass is 298 g/mol. The van der Waals surface area contributed by atoms with Gasteiger partial charge in [-0.25, -0.2) is 4.98 Å². The first kappa shape index (κ1) is 13.1. The number of thiophene rings is 1. The van der Waals surface area contributed by atoms with E-state index in [2.05, 4.69) is 4.98 Å². The largest absolute Gasteiger partial charge is 0.417 e. The van der Waals surface area contributed by atoms with Crippen molar-refractivity contribution in [2.45, 2.75) is 12.8 Å². The van der Waals surface area contributed by atoms with Gasteiger partial charge in [-0.3, -0.25) is 0 Å². The number of fused-ring (bicyclic) bond motifs is 1. The molecule has 0 saturated carbocycles. The minimum atomic E-state index is -4.42. The van der Waals surface area contributed by atoms with Crippen molar-refractivity contribution in [2.24, 2.45) is 0 Å². The number of alkyl halides is 3. The minimum Gasteiger partial charge on any atom is -0.390 e. The third-order valence-corrected chi connectivity index (χ3v) is 3.83. The van der Waals surface area contributed by atoms with Gasteiger partial charge in [0.25, 0.3) is 0 Å². The molecule has 0 atom stereocenters. The van der Waals surface area contributed by atoms with Gasteiger partial charge in [0.2, 0.25) is 0 Å². The molecule has 0 bridgehead atoms. The van der Waals surface area contributed by atoms with Gasteiger partial charge in [0.1, 0.15) is 11.3 Å². The smallest absolute Gasteiger partial charge is 0.390 e. The standard InChI is InChI=1S/C13H9F3N2OS/c14-13(15,16)8-3-4-11-17-12(10-2-1-5-20-10)9(7-19)18(11)6-8/h1-6,19H,7H2. The van der Waals surface area contributed by atoms with E-state index < -0.39 is 11.7 Å². The van der Waals surface area contributed by atoms with Gasteiger partial charge in [-0.1, -0.05) is 6.07 Å². The number of hydrogen-bond acceptors (Lipinski definition) is 3. The van der Waals surface area contributed by atoms with E-state index in [9.17, 15) is 18.3 Å². The summed E-state index contributed by atoms with van der Waals surface area (Å²) in [6.45, 7) is -0.379. The zero-order valence-corrected chi connectivity index (χ0v) is 10.9. The molecule has 0 aromatic carbocycles. The summed E-state index contributed by atoms with van der Waals surface area (Å²) >= 11 is 1.42. The molecule has 3 heterocycles. The van der Waals surface area contributed by atoms with Gasteiger partial charge in [0.15, 0.2) is 0 Å². The molecule has 3 aromatic rings. The van der Waals surface area contributed by atoms with Crippen LogP contribution >= 0.6 is 11.3 Å². The molecule has 104 valence electrons. The third kappa shape index (κ3) is 2.08. The first-order valence-corrected chi connectivity index (χ1v) is 6.61. The summed E-state index contributed by atoms with van der Waals surface area (Å²) in [6, 6.07) is 5.93. The van der Waals surface area contributed by atoms with Gasteiger partial charge >= 0.3 is 6.18 Å². The number of halogens is 3. The molecular formula is C13H9F3N2OS. The van der Waals surface area contributed by atoms with Gasteiger partial charge in [-0.05, 0) is 23.6 Å². The molecule has 0 radical (unpaired) electrons. The van der Waals surface area contributed by atoms with Crippen LogP contribution in [0.1, 0.15) is 11.3 Å². The lowest BCUT2D eigenvalue weighted by molar-refractivity contribution is -0.137. The van der Waals surface area contributed by atoms with Crippen molar-refractivity contribution in [3.8, 4) is 10.6 Å². The van der Waals surface area contributed by atoms with Crippen LogP contribution in [0.15, 0.2) is 35.8 Å². The lowest BCUT2D eigenvalue weighted by Gasteiger charge is -2.07. The van der Waals surface area contributed by atoms with Crippen molar-refractivity contribution in [3.05, 3.63) is 47.1 Å². The van der Waals surface area contributed by atoms with Crippen molar-refractivity contribution >= 4 is 17.0 Å². The summed E-state index contributed by atoms with van der Waals surface area (Å²) in [6.07, 6.45) is -3.46. The second-order valence-electron chi connectivity index (χ2n) is 4.19. The topological polar surface area (TPSA) is 37.5 Å². The number of aromatic nitrogens is 2. The number of imidazole rings is 1. The van der Waals surface area contributed by atoms with Crippen molar-refractivity contribution in [2.75, 3.05) is 0 Å². The minimum absolute atomic E-state index is 0.355. The highest BCUT2D eigenvalue weighted by Crippen LogP contribution is 2.32. The Morgan fingerprint density at radius 1 is 1.25 bits per heavy atom. The van der Waals surface area contributed by atoms with Crippen LogP contribution in [-0.4, -0.2) is 14.5 Å². The van der Waals surface area contributed by atoms with E-state index in [1.807, 2.05) is 17.5 Å². The fraction of sp³-hybridized carbons (Fsp3) is 0.154. The predicted molar refractivity (Wildman–Crippen MR) is 69.4 cm³/mol. The molecule has 3 nitrogen and oxygen atoms in total. The molecule has 0 aliphatic rings. The Kier molecular flexibility index (Phi) is 3.02. The van der Waals surface area contributed by atoms with Crippen LogP contribution in [0.5, 0.6) is 0 Å². The summed E-state index contributed by atoms with van der Waals surface area (Å²) in [7, 11) is 0. The molecule has 0 aliphatic heterocycles. The van der Waals surface area contributed by atoms with Crippen LogP contribution in [-0.2, 0) is 12.8 Å². The maximum absolute atomic E-state index is 12.7.